The Kier molecular flexibility index (Phi) is 11.9. The van der Waals surface area contributed by atoms with Gasteiger partial charge in [0.05, 0.1) is 37.0 Å². The van der Waals surface area contributed by atoms with Crippen molar-refractivity contribution in [3.05, 3.63) is 22.7 Å². The molecule has 1 aromatic rings. The standard InChI is InChI=1S/C37H52ClN5O8/c1-6-50-29-17-28(49-5)23(16-24(29)38)26-18-37(51-42-26)19-27(34(47)40-25(14-22-12-13-22)31(45)33(39)46)43(20-37)35(48)32(36(2,3)4)41-30(44)15-21-10-8-7-9-11-21/h16-17,21-22,25,27,32H,6-15,18-20H2,1-5H3,(H2,39,46)(H,40,47)(H,41,44)/t25-,27-,32+,37+/m0/s1. The number of nitrogens with two attached hydrogens (primary N) is 1. The third kappa shape index (κ3) is 9.14. The molecule has 3 fully saturated rings. The molecule has 4 aliphatic rings. The molecule has 0 bridgehead atoms. The van der Waals surface area contributed by atoms with Crippen LogP contribution in [0.15, 0.2) is 17.3 Å². The molecule has 1 saturated heterocycles. The van der Waals surface area contributed by atoms with Gasteiger partial charge in [-0.05, 0) is 49.5 Å². The number of hydrogen-bond donors (Lipinski definition) is 3. The van der Waals surface area contributed by atoms with Crippen LogP contribution in [-0.4, -0.2) is 84.0 Å². The molecule has 0 unspecified atom stereocenters. The van der Waals surface area contributed by atoms with Crippen molar-refractivity contribution < 1.29 is 38.3 Å². The van der Waals surface area contributed by atoms with Crippen LogP contribution >= 0.6 is 11.6 Å². The highest BCUT2D eigenvalue weighted by molar-refractivity contribution is 6.38. The Morgan fingerprint density at radius 1 is 1.06 bits per heavy atom. The third-order valence-corrected chi connectivity index (χ3v) is 10.7. The van der Waals surface area contributed by atoms with E-state index in [1.54, 1.807) is 12.1 Å². The Balaban J connectivity index is 1.42. The lowest BCUT2D eigenvalue weighted by atomic mass is 9.84. The summed E-state index contributed by atoms with van der Waals surface area (Å²) in [6, 6.07) is 0.191. The second kappa shape index (κ2) is 15.8. The molecule has 4 N–H and O–H groups in total. The van der Waals surface area contributed by atoms with Gasteiger partial charge in [-0.1, -0.05) is 69.6 Å². The van der Waals surface area contributed by atoms with Gasteiger partial charge in [0.25, 0.3) is 5.91 Å². The molecule has 1 aromatic carbocycles. The third-order valence-electron chi connectivity index (χ3n) is 10.4. The van der Waals surface area contributed by atoms with E-state index in [4.69, 9.17) is 31.6 Å². The SMILES string of the molecule is CCOc1cc(OC)c(C2=NO[C@]3(C2)C[C@@H](C(=O)N[C@@H](CC2CC2)C(=O)C(N)=O)N(C(=O)[C@@H](NC(=O)CC2CCCCC2)C(C)(C)C)C3)cc1Cl. The molecule has 280 valence electrons. The summed E-state index contributed by atoms with van der Waals surface area (Å²) in [5.41, 5.74) is 4.62. The maximum atomic E-state index is 14.6. The van der Waals surface area contributed by atoms with Crippen LogP contribution < -0.4 is 25.8 Å². The van der Waals surface area contributed by atoms with Gasteiger partial charge >= 0.3 is 0 Å². The Morgan fingerprint density at radius 3 is 2.37 bits per heavy atom. The predicted molar refractivity (Wildman–Crippen MR) is 190 cm³/mol. The van der Waals surface area contributed by atoms with Gasteiger partial charge in [-0.2, -0.15) is 0 Å². The van der Waals surface area contributed by atoms with Crippen molar-refractivity contribution in [1.29, 1.82) is 0 Å². The lowest BCUT2D eigenvalue weighted by Gasteiger charge is -2.36. The molecule has 13 nitrogen and oxygen atoms in total. The fourth-order valence-corrected chi connectivity index (χ4v) is 7.73. The van der Waals surface area contributed by atoms with Crippen molar-refractivity contribution in [2.45, 2.75) is 122 Å². The summed E-state index contributed by atoms with van der Waals surface area (Å²) in [4.78, 5) is 74.4. The molecule has 5 rings (SSSR count). The zero-order valence-corrected chi connectivity index (χ0v) is 31.1. The molecule has 14 heteroatoms. The average Bonchev–Trinajstić information content (AvgIpc) is 3.69. The van der Waals surface area contributed by atoms with Gasteiger partial charge in [0.15, 0.2) is 5.60 Å². The number of rotatable bonds is 14. The number of methoxy groups -OCH3 is 1. The quantitative estimate of drug-likeness (QED) is 0.240. The fraction of sp³-hybridized carbons (Fsp3) is 0.676. The summed E-state index contributed by atoms with van der Waals surface area (Å²) < 4.78 is 11.3. The van der Waals surface area contributed by atoms with E-state index >= 15 is 0 Å². The van der Waals surface area contributed by atoms with E-state index in [9.17, 15) is 24.0 Å². The topological polar surface area (TPSA) is 179 Å². The summed E-state index contributed by atoms with van der Waals surface area (Å²) in [7, 11) is 1.52. The molecule has 51 heavy (non-hydrogen) atoms. The Morgan fingerprint density at radius 2 is 1.76 bits per heavy atom. The number of nitrogens with one attached hydrogen (secondary N) is 2. The summed E-state index contributed by atoms with van der Waals surface area (Å²) in [6.45, 7) is 7.83. The molecule has 4 atom stereocenters. The van der Waals surface area contributed by atoms with Crippen LogP contribution in [-0.2, 0) is 28.8 Å². The van der Waals surface area contributed by atoms with Crippen molar-refractivity contribution in [2.24, 2.45) is 28.1 Å². The number of Topliss-reactive ketones (excluding diaryl/α,β-unsaturated/α-hetero) is 1. The van der Waals surface area contributed by atoms with Crippen molar-refractivity contribution in [3.8, 4) is 11.5 Å². The highest BCUT2D eigenvalue weighted by Gasteiger charge is 2.56. The zero-order chi connectivity index (χ0) is 37.1. The van der Waals surface area contributed by atoms with Gasteiger partial charge in [0.1, 0.15) is 23.6 Å². The first-order valence-corrected chi connectivity index (χ1v) is 18.5. The van der Waals surface area contributed by atoms with E-state index in [0.29, 0.717) is 40.8 Å². The monoisotopic (exact) mass is 729 g/mol. The number of ether oxygens (including phenoxy) is 2. The van der Waals surface area contributed by atoms with E-state index in [1.807, 2.05) is 27.7 Å². The van der Waals surface area contributed by atoms with E-state index in [1.165, 1.54) is 18.4 Å². The van der Waals surface area contributed by atoms with Crippen LogP contribution in [0.3, 0.4) is 0 Å². The van der Waals surface area contributed by atoms with Crippen LogP contribution in [0.25, 0.3) is 0 Å². The Labute approximate surface area is 304 Å². The predicted octanol–water partition coefficient (Wildman–Crippen LogP) is 4.05. The Hall–Kier alpha value is -3.87. The van der Waals surface area contributed by atoms with E-state index in [2.05, 4.69) is 15.8 Å². The fourth-order valence-electron chi connectivity index (χ4n) is 7.51. The number of halogens is 1. The molecule has 2 aliphatic carbocycles. The highest BCUT2D eigenvalue weighted by atomic mass is 35.5. The van der Waals surface area contributed by atoms with Gasteiger partial charge in [0.2, 0.25) is 23.5 Å². The molecule has 2 saturated carbocycles. The summed E-state index contributed by atoms with van der Waals surface area (Å²) in [6.07, 6.45) is 7.94. The average molecular weight is 730 g/mol. The molecular weight excluding hydrogens is 678 g/mol. The van der Waals surface area contributed by atoms with Gasteiger partial charge in [-0.3, -0.25) is 24.0 Å². The first-order chi connectivity index (χ1) is 24.1. The zero-order valence-electron chi connectivity index (χ0n) is 30.3. The van der Waals surface area contributed by atoms with E-state index < -0.39 is 52.6 Å². The molecular formula is C37H52ClN5O8. The first-order valence-electron chi connectivity index (χ1n) is 18.1. The normalized spacial score (nSPS) is 23.2. The number of benzene rings is 1. The molecule has 4 amide bonds. The van der Waals surface area contributed by atoms with Gasteiger partial charge in [0, 0.05) is 30.9 Å². The minimum atomic E-state index is -1.13. The van der Waals surface area contributed by atoms with Crippen molar-refractivity contribution >= 4 is 46.7 Å². The van der Waals surface area contributed by atoms with Gasteiger partial charge in [-0.25, -0.2) is 0 Å². The number of nitrogens with zero attached hydrogens (tertiary/aromatic N) is 2. The largest absolute Gasteiger partial charge is 0.496 e. The van der Waals surface area contributed by atoms with Gasteiger partial charge < -0.3 is 35.6 Å². The summed E-state index contributed by atoms with van der Waals surface area (Å²) in [5.74, 6) is -1.90. The van der Waals surface area contributed by atoms with Crippen LogP contribution in [0.2, 0.25) is 5.02 Å². The number of amides is 4. The minimum Gasteiger partial charge on any atom is -0.496 e. The number of ketones is 1. The smallest absolute Gasteiger partial charge is 0.287 e. The van der Waals surface area contributed by atoms with Crippen LogP contribution in [0, 0.1) is 17.3 Å². The number of primary amides is 1. The highest BCUT2D eigenvalue weighted by Crippen LogP contribution is 2.43. The maximum absolute atomic E-state index is 14.6. The lowest BCUT2D eigenvalue weighted by Crippen LogP contribution is -2.59. The number of carbonyl (C=O) groups is 5. The molecule has 0 radical (unpaired) electrons. The molecule has 1 spiro atoms. The number of carbonyl (C=O) groups excluding carboxylic acids is 5. The van der Waals surface area contributed by atoms with Crippen LogP contribution in [0.5, 0.6) is 11.5 Å². The van der Waals surface area contributed by atoms with Crippen LogP contribution in [0.4, 0.5) is 0 Å². The molecule has 2 heterocycles. The number of oxime groups is 1. The second-order valence-electron chi connectivity index (χ2n) is 15.6. The van der Waals surface area contributed by atoms with Crippen LogP contribution in [0.1, 0.15) is 104 Å². The second-order valence-corrected chi connectivity index (χ2v) is 16.0. The molecule has 0 aromatic heterocycles. The van der Waals surface area contributed by atoms with Crippen molar-refractivity contribution in [3.63, 3.8) is 0 Å². The van der Waals surface area contributed by atoms with Gasteiger partial charge in [-0.15, -0.1) is 0 Å². The summed E-state index contributed by atoms with van der Waals surface area (Å²) in [5, 5.41) is 10.5. The van der Waals surface area contributed by atoms with Crippen molar-refractivity contribution in [2.75, 3.05) is 20.3 Å². The number of likely N-dealkylation sites (tertiary alicyclic amines) is 1. The Bertz CT molecular complexity index is 1550. The van der Waals surface area contributed by atoms with E-state index in [-0.39, 0.29) is 43.6 Å². The van der Waals surface area contributed by atoms with Crippen molar-refractivity contribution in [1.82, 2.24) is 15.5 Å². The maximum Gasteiger partial charge on any atom is 0.287 e. The van der Waals surface area contributed by atoms with E-state index in [0.717, 1.165) is 38.5 Å². The number of hydrogen-bond acceptors (Lipinski definition) is 9. The molecule has 2 aliphatic heterocycles. The lowest BCUT2D eigenvalue weighted by molar-refractivity contribution is -0.145. The minimum absolute atomic E-state index is 0.0217. The first kappa shape index (κ1) is 38.4. The summed E-state index contributed by atoms with van der Waals surface area (Å²) >= 11 is 6.54.